The quantitative estimate of drug-likeness (QED) is 0.124. The summed E-state index contributed by atoms with van der Waals surface area (Å²) < 4.78 is 72.6. The number of anilines is 2. The van der Waals surface area contributed by atoms with Crippen molar-refractivity contribution in [1.29, 1.82) is 0 Å². The van der Waals surface area contributed by atoms with Crippen molar-refractivity contribution in [1.82, 2.24) is 9.80 Å². The van der Waals surface area contributed by atoms with E-state index >= 15 is 0 Å². The third-order valence-electron chi connectivity index (χ3n) is 13.2. The number of carbonyl (C=O) groups excluding carboxylic acids is 4. The van der Waals surface area contributed by atoms with Gasteiger partial charge in [-0.3, -0.25) is 9.59 Å². The Morgan fingerprint density at radius 1 is 0.609 bits per heavy atom. The number of amides is 4. The molecule has 0 radical (unpaired) electrons. The van der Waals surface area contributed by atoms with E-state index in [9.17, 15) is 19.2 Å². The molecule has 376 valence electrons. The summed E-state index contributed by atoms with van der Waals surface area (Å²) >= 11 is 0. The maximum absolute atomic E-state index is 14.6. The summed E-state index contributed by atoms with van der Waals surface area (Å²) in [5, 5.41) is 0. The molecule has 20 nitrogen and oxygen atoms in total. The highest BCUT2D eigenvalue weighted by atomic mass is 16.7. The molecule has 4 amide bonds. The number of hydrogen-bond donors (Lipinski definition) is 0. The van der Waals surface area contributed by atoms with Crippen molar-refractivity contribution in [3.8, 4) is 23.0 Å². The van der Waals surface area contributed by atoms with Gasteiger partial charge in [-0.2, -0.15) is 0 Å². The molecular weight excluding hydrogens is 901 g/mol. The van der Waals surface area contributed by atoms with Crippen LogP contribution in [0.2, 0.25) is 0 Å². The Kier molecular flexibility index (Phi) is 16.5. The molecule has 69 heavy (non-hydrogen) atoms. The Bertz CT molecular complexity index is 2030. The van der Waals surface area contributed by atoms with Gasteiger partial charge in [-0.25, -0.2) is 19.4 Å². The molecule has 20 heteroatoms. The molecular formula is C49H64N4O16. The van der Waals surface area contributed by atoms with Gasteiger partial charge in [-0.05, 0) is 69.9 Å². The average Bonchev–Trinajstić information content (AvgIpc) is 3.96. The van der Waals surface area contributed by atoms with E-state index in [1.165, 1.54) is 50.4 Å². The molecule has 2 aromatic rings. The van der Waals surface area contributed by atoms with Gasteiger partial charge in [0.25, 0.3) is 11.8 Å². The summed E-state index contributed by atoms with van der Waals surface area (Å²) in [6, 6.07) is 4.71. The minimum absolute atomic E-state index is 0.0876. The number of benzene rings is 2. The fourth-order valence-electron chi connectivity index (χ4n) is 10.0. The predicted octanol–water partition coefficient (Wildman–Crippen LogP) is 6.03. The van der Waals surface area contributed by atoms with Gasteiger partial charge in [-0.15, -0.1) is 0 Å². The van der Waals surface area contributed by atoms with Crippen molar-refractivity contribution in [2.24, 2.45) is 0 Å². The molecule has 4 fully saturated rings. The monoisotopic (exact) mass is 964 g/mol. The molecule has 0 saturated carbocycles. The highest BCUT2D eigenvalue weighted by Gasteiger charge is 2.54. The van der Waals surface area contributed by atoms with Crippen molar-refractivity contribution in [2.75, 3.05) is 91.0 Å². The second-order valence-corrected chi connectivity index (χ2v) is 17.3. The Labute approximate surface area is 402 Å². The van der Waals surface area contributed by atoms with Gasteiger partial charge in [0.15, 0.2) is 48.0 Å². The minimum atomic E-state index is -1.09. The number of ether oxygens (including phenoxy) is 12. The van der Waals surface area contributed by atoms with Crippen molar-refractivity contribution >= 4 is 35.4 Å². The molecule has 4 saturated heterocycles. The Balaban J connectivity index is 1.04. The summed E-state index contributed by atoms with van der Waals surface area (Å²) in [4.78, 5) is 63.7. The Hall–Kier alpha value is -5.64. The third kappa shape index (κ3) is 10.3. The largest absolute Gasteiger partial charge is 0.493 e. The summed E-state index contributed by atoms with van der Waals surface area (Å²) in [5.41, 5.74) is 0.851. The highest BCUT2D eigenvalue weighted by Crippen LogP contribution is 2.45. The van der Waals surface area contributed by atoms with Crippen LogP contribution >= 0.6 is 0 Å². The number of carbonyl (C=O) groups is 4. The van der Waals surface area contributed by atoms with Gasteiger partial charge >= 0.3 is 12.2 Å². The van der Waals surface area contributed by atoms with E-state index < -0.39 is 61.5 Å². The Morgan fingerprint density at radius 3 is 1.38 bits per heavy atom. The summed E-state index contributed by atoms with van der Waals surface area (Å²) in [5.74, 6) is 0.541. The molecule has 6 aliphatic heterocycles. The molecule has 2 aromatic carbocycles. The van der Waals surface area contributed by atoms with E-state index in [1.54, 1.807) is 34.1 Å². The number of rotatable bonds is 18. The summed E-state index contributed by atoms with van der Waals surface area (Å²) in [6.45, 7) is 9.24. The van der Waals surface area contributed by atoms with Crippen molar-refractivity contribution < 1.29 is 76.0 Å². The molecule has 4 unspecified atom stereocenters. The SMILES string of the molecule is C=CCOC(=O)N1c2cc(OC)c(OC)cc2C(=O)N2CC[C@H](OCCCO[C@H]3CCN4C(=O)c5cc(OC)c(OC)cc5N(C(=O)OCC=C)C(OC5CCCCO5)[C@H]34)[C@H]2C1OC1CCCCO1. The van der Waals surface area contributed by atoms with Crippen LogP contribution in [0.1, 0.15) is 78.5 Å². The lowest BCUT2D eigenvalue weighted by molar-refractivity contribution is -0.202. The zero-order valence-corrected chi connectivity index (χ0v) is 39.8. The molecule has 8 atom stereocenters. The third-order valence-corrected chi connectivity index (χ3v) is 13.2. The number of nitrogens with zero attached hydrogens (tertiary/aromatic N) is 4. The first kappa shape index (κ1) is 49.8. The first-order chi connectivity index (χ1) is 33.6. The molecule has 8 rings (SSSR count). The van der Waals surface area contributed by atoms with E-state index in [0.717, 1.165) is 25.7 Å². The second kappa shape index (κ2) is 22.9. The Morgan fingerprint density at radius 2 is 1.01 bits per heavy atom. The first-order valence-corrected chi connectivity index (χ1v) is 23.7. The highest BCUT2D eigenvalue weighted by molar-refractivity contribution is 6.07. The van der Waals surface area contributed by atoms with Crippen LogP contribution in [0.25, 0.3) is 0 Å². The van der Waals surface area contributed by atoms with Gasteiger partial charge < -0.3 is 66.6 Å². The van der Waals surface area contributed by atoms with Crippen LogP contribution in [0.15, 0.2) is 49.6 Å². The molecule has 0 N–H and O–H groups in total. The maximum Gasteiger partial charge on any atom is 0.416 e. The standard InChI is InChI=1S/C49H64N4O16/c1-7-20-66-48(56)52-32-28-38(60-5)36(58-3)26-30(32)44(54)50-18-16-34(42(50)46(52)68-40-14-9-11-22-64-40)62-24-13-25-63-35-17-19-51-43(35)47(69-41-15-10-12-23-65-41)53(49(57)67-21-8-2)33-29-39(61-6)37(59-4)27-31(33)45(51)55/h7-8,26-29,34-35,40-43,46-47H,1-2,9-25H2,3-6H3/t34-,35-,40?,41?,42-,43-,46?,47?/m0/s1. The number of fused-ring (bicyclic) bond motifs is 4. The number of methoxy groups -OCH3 is 4. The van der Waals surface area contributed by atoms with E-state index in [0.29, 0.717) is 81.4 Å². The van der Waals surface area contributed by atoms with Crippen LogP contribution in [0.5, 0.6) is 23.0 Å². The average molecular weight is 965 g/mol. The molecule has 0 aromatic heterocycles. The molecule has 0 aliphatic carbocycles. The summed E-state index contributed by atoms with van der Waals surface area (Å²) in [7, 11) is 5.89. The van der Waals surface area contributed by atoms with E-state index in [2.05, 4.69) is 13.2 Å². The zero-order chi connectivity index (χ0) is 48.6. The lowest BCUT2D eigenvalue weighted by atomic mass is 10.1. The van der Waals surface area contributed by atoms with Crippen molar-refractivity contribution in [3.63, 3.8) is 0 Å². The zero-order valence-electron chi connectivity index (χ0n) is 39.8. The molecule has 0 bridgehead atoms. The van der Waals surface area contributed by atoms with Crippen LogP contribution in [-0.4, -0.2) is 164 Å². The van der Waals surface area contributed by atoms with E-state index in [1.807, 2.05) is 0 Å². The molecule has 6 aliphatic rings. The van der Waals surface area contributed by atoms with Crippen LogP contribution in [0.3, 0.4) is 0 Å². The van der Waals surface area contributed by atoms with E-state index in [4.69, 9.17) is 56.8 Å². The van der Waals surface area contributed by atoms with Gasteiger partial charge in [0.2, 0.25) is 0 Å². The summed E-state index contributed by atoms with van der Waals surface area (Å²) in [6.07, 6.45) is 2.63. The predicted molar refractivity (Wildman–Crippen MR) is 247 cm³/mol. The molecule has 0 spiro atoms. The van der Waals surface area contributed by atoms with E-state index in [-0.39, 0.29) is 60.7 Å². The van der Waals surface area contributed by atoms with Crippen LogP contribution < -0.4 is 28.7 Å². The fraction of sp³-hybridized carbons (Fsp3) is 0.592. The van der Waals surface area contributed by atoms with Gasteiger partial charge in [0, 0.05) is 51.6 Å². The fourth-order valence-corrected chi connectivity index (χ4v) is 10.0. The van der Waals surface area contributed by atoms with Crippen molar-refractivity contribution in [3.05, 3.63) is 60.7 Å². The first-order valence-electron chi connectivity index (χ1n) is 23.7. The topological polar surface area (TPSA) is 192 Å². The second-order valence-electron chi connectivity index (χ2n) is 17.3. The van der Waals surface area contributed by atoms with Gasteiger partial charge in [0.1, 0.15) is 25.3 Å². The van der Waals surface area contributed by atoms with Gasteiger partial charge in [-0.1, -0.05) is 25.3 Å². The number of hydrogen-bond acceptors (Lipinski definition) is 16. The lowest BCUT2D eigenvalue weighted by Crippen LogP contribution is -2.57. The lowest BCUT2D eigenvalue weighted by Gasteiger charge is -2.40. The van der Waals surface area contributed by atoms with Gasteiger partial charge in [0.05, 0.1) is 63.1 Å². The van der Waals surface area contributed by atoms with Crippen LogP contribution in [-0.2, 0) is 37.9 Å². The minimum Gasteiger partial charge on any atom is -0.493 e. The van der Waals surface area contributed by atoms with Crippen molar-refractivity contribution in [2.45, 2.75) is 107 Å². The normalized spacial score (nSPS) is 26.4. The van der Waals surface area contributed by atoms with Crippen LogP contribution in [0, 0.1) is 0 Å². The molecule has 6 heterocycles. The van der Waals surface area contributed by atoms with Crippen LogP contribution in [0.4, 0.5) is 21.0 Å². The maximum atomic E-state index is 14.6. The smallest absolute Gasteiger partial charge is 0.416 e.